The van der Waals surface area contributed by atoms with Gasteiger partial charge < -0.3 is 5.11 Å². The van der Waals surface area contributed by atoms with Crippen LogP contribution in [0.15, 0.2) is 0 Å². The van der Waals surface area contributed by atoms with E-state index in [0.717, 1.165) is 12.8 Å². The van der Waals surface area contributed by atoms with Crippen molar-refractivity contribution in [3.05, 3.63) is 0 Å². The molecule has 3 fully saturated rings. The first-order valence-electron chi connectivity index (χ1n) is 7.51. The first kappa shape index (κ1) is 12.5. The van der Waals surface area contributed by atoms with E-state index in [4.69, 9.17) is 0 Å². The van der Waals surface area contributed by atoms with Crippen LogP contribution in [0, 0.1) is 11.3 Å². The molecule has 4 unspecified atom stereocenters. The van der Waals surface area contributed by atoms with Gasteiger partial charge in [-0.15, -0.1) is 0 Å². The summed E-state index contributed by atoms with van der Waals surface area (Å²) < 4.78 is 0. The lowest BCUT2D eigenvalue weighted by Crippen LogP contribution is -2.50. The monoisotopic (exact) mass is 251 g/mol. The summed E-state index contributed by atoms with van der Waals surface area (Å²) in [6.45, 7) is 4.76. The van der Waals surface area contributed by atoms with Gasteiger partial charge in [0, 0.05) is 18.1 Å². The van der Waals surface area contributed by atoms with Crippen molar-refractivity contribution in [3.63, 3.8) is 0 Å². The second kappa shape index (κ2) is 4.22. The average molecular weight is 251 g/mol. The third kappa shape index (κ3) is 1.78. The van der Waals surface area contributed by atoms with E-state index in [1.165, 1.54) is 32.1 Å². The Kier molecular flexibility index (Phi) is 2.92. The van der Waals surface area contributed by atoms with Crippen LogP contribution in [-0.2, 0) is 4.79 Å². The standard InChI is InChI=1S/C15H25NO2/c1-15(2)8-4-3-5-13(15)16-10-6-7-12(16)11(9-10)14(17)18/h10-13H,3-9H2,1-2H3,(H,17,18). The topological polar surface area (TPSA) is 40.5 Å². The van der Waals surface area contributed by atoms with Crippen LogP contribution in [-0.4, -0.2) is 34.1 Å². The molecule has 0 aromatic rings. The molecule has 3 nitrogen and oxygen atoms in total. The number of aliphatic carboxylic acids is 1. The molecule has 2 aliphatic heterocycles. The van der Waals surface area contributed by atoms with Crippen LogP contribution in [0.3, 0.4) is 0 Å². The molecule has 0 amide bonds. The summed E-state index contributed by atoms with van der Waals surface area (Å²) >= 11 is 0. The number of carbonyl (C=O) groups is 1. The Bertz CT molecular complexity index is 352. The lowest BCUT2D eigenvalue weighted by atomic mass is 9.72. The third-order valence-corrected chi connectivity index (χ3v) is 5.72. The molecular formula is C15H25NO2. The van der Waals surface area contributed by atoms with E-state index in [1.54, 1.807) is 0 Å². The number of rotatable bonds is 2. The molecular weight excluding hydrogens is 226 g/mol. The van der Waals surface area contributed by atoms with E-state index in [2.05, 4.69) is 18.7 Å². The lowest BCUT2D eigenvalue weighted by molar-refractivity contribution is -0.143. The summed E-state index contributed by atoms with van der Waals surface area (Å²) in [6, 6.07) is 1.50. The summed E-state index contributed by atoms with van der Waals surface area (Å²) in [5.41, 5.74) is 0.368. The molecule has 1 aliphatic carbocycles. The Hall–Kier alpha value is -0.570. The minimum absolute atomic E-state index is 0.0959. The van der Waals surface area contributed by atoms with Gasteiger partial charge in [-0.2, -0.15) is 0 Å². The zero-order chi connectivity index (χ0) is 12.9. The first-order valence-corrected chi connectivity index (χ1v) is 7.51. The van der Waals surface area contributed by atoms with Crippen molar-refractivity contribution in [3.8, 4) is 0 Å². The fraction of sp³-hybridized carbons (Fsp3) is 0.933. The molecule has 0 radical (unpaired) electrons. The van der Waals surface area contributed by atoms with E-state index < -0.39 is 5.97 Å². The zero-order valence-corrected chi connectivity index (χ0v) is 11.6. The van der Waals surface area contributed by atoms with Gasteiger partial charge in [0.15, 0.2) is 0 Å². The SMILES string of the molecule is CC1(C)CCCCC1N1C2CCC1C(C(=O)O)C2. The lowest BCUT2D eigenvalue weighted by Gasteiger charge is -2.46. The Balaban J connectivity index is 1.82. The van der Waals surface area contributed by atoms with Crippen molar-refractivity contribution >= 4 is 5.97 Å². The zero-order valence-electron chi connectivity index (χ0n) is 11.6. The highest BCUT2D eigenvalue weighted by Crippen LogP contribution is 2.49. The van der Waals surface area contributed by atoms with Crippen molar-refractivity contribution in [1.82, 2.24) is 4.90 Å². The molecule has 3 rings (SSSR count). The Morgan fingerprint density at radius 3 is 2.61 bits per heavy atom. The molecule has 0 aromatic heterocycles. The van der Waals surface area contributed by atoms with E-state index in [1.807, 2.05) is 0 Å². The quantitative estimate of drug-likeness (QED) is 0.820. The molecule has 1 N–H and O–H groups in total. The van der Waals surface area contributed by atoms with Gasteiger partial charge in [-0.3, -0.25) is 9.69 Å². The molecule has 4 atom stereocenters. The van der Waals surface area contributed by atoms with Crippen LogP contribution in [0.5, 0.6) is 0 Å². The molecule has 3 aliphatic rings. The minimum atomic E-state index is -0.569. The molecule has 18 heavy (non-hydrogen) atoms. The van der Waals surface area contributed by atoms with Gasteiger partial charge in [0.05, 0.1) is 5.92 Å². The van der Waals surface area contributed by atoms with Crippen molar-refractivity contribution < 1.29 is 9.90 Å². The molecule has 2 bridgehead atoms. The van der Waals surface area contributed by atoms with Crippen molar-refractivity contribution in [2.75, 3.05) is 0 Å². The molecule has 1 saturated carbocycles. The van der Waals surface area contributed by atoms with E-state index in [0.29, 0.717) is 23.5 Å². The van der Waals surface area contributed by atoms with Gasteiger partial charge >= 0.3 is 5.97 Å². The first-order chi connectivity index (χ1) is 8.50. The van der Waals surface area contributed by atoms with Gasteiger partial charge in [-0.05, 0) is 37.5 Å². The summed E-state index contributed by atoms with van der Waals surface area (Å²) in [4.78, 5) is 14.0. The smallest absolute Gasteiger partial charge is 0.308 e. The Labute approximate surface area is 110 Å². The molecule has 0 aromatic carbocycles. The molecule has 2 heterocycles. The minimum Gasteiger partial charge on any atom is -0.481 e. The molecule has 102 valence electrons. The van der Waals surface area contributed by atoms with Gasteiger partial charge in [0.1, 0.15) is 0 Å². The maximum Gasteiger partial charge on any atom is 0.308 e. The fourth-order valence-electron chi connectivity index (χ4n) is 4.81. The number of hydrogen-bond acceptors (Lipinski definition) is 2. The third-order valence-electron chi connectivity index (χ3n) is 5.72. The summed E-state index contributed by atoms with van der Waals surface area (Å²) in [7, 11) is 0. The molecule has 3 heteroatoms. The van der Waals surface area contributed by atoms with Crippen LogP contribution in [0.4, 0.5) is 0 Å². The average Bonchev–Trinajstić information content (AvgIpc) is 2.85. The van der Waals surface area contributed by atoms with Crippen LogP contribution in [0.1, 0.15) is 58.8 Å². The highest BCUT2D eigenvalue weighted by atomic mass is 16.4. The number of carboxylic acid groups (broad SMARTS) is 1. The number of nitrogens with zero attached hydrogens (tertiary/aromatic N) is 1. The van der Waals surface area contributed by atoms with E-state index in [9.17, 15) is 9.90 Å². The highest BCUT2D eigenvalue weighted by molar-refractivity contribution is 5.71. The Morgan fingerprint density at radius 2 is 2.00 bits per heavy atom. The van der Waals surface area contributed by atoms with Crippen LogP contribution in [0.25, 0.3) is 0 Å². The second-order valence-electron chi connectivity index (χ2n) is 7.18. The van der Waals surface area contributed by atoms with E-state index >= 15 is 0 Å². The van der Waals surface area contributed by atoms with E-state index in [-0.39, 0.29) is 5.92 Å². The number of carboxylic acids is 1. The summed E-state index contributed by atoms with van der Waals surface area (Å²) in [6.07, 6.45) is 8.45. The fourth-order valence-corrected chi connectivity index (χ4v) is 4.81. The number of fused-ring (bicyclic) bond motifs is 2. The van der Waals surface area contributed by atoms with Crippen molar-refractivity contribution in [2.45, 2.75) is 76.9 Å². The Morgan fingerprint density at radius 1 is 1.22 bits per heavy atom. The van der Waals surface area contributed by atoms with Crippen molar-refractivity contribution in [2.24, 2.45) is 11.3 Å². The number of hydrogen-bond donors (Lipinski definition) is 1. The van der Waals surface area contributed by atoms with Crippen molar-refractivity contribution in [1.29, 1.82) is 0 Å². The largest absolute Gasteiger partial charge is 0.481 e. The maximum atomic E-state index is 11.4. The summed E-state index contributed by atoms with van der Waals surface area (Å²) in [5.74, 6) is -0.665. The predicted octanol–water partition coefficient (Wildman–Crippen LogP) is 2.89. The van der Waals surface area contributed by atoms with Crippen LogP contribution in [0.2, 0.25) is 0 Å². The molecule has 2 saturated heterocycles. The van der Waals surface area contributed by atoms with Gasteiger partial charge in [0.2, 0.25) is 0 Å². The van der Waals surface area contributed by atoms with Crippen LogP contribution < -0.4 is 0 Å². The highest BCUT2D eigenvalue weighted by Gasteiger charge is 2.54. The van der Waals surface area contributed by atoms with Gasteiger partial charge in [0.25, 0.3) is 0 Å². The summed E-state index contributed by atoms with van der Waals surface area (Å²) in [5, 5.41) is 9.35. The molecule has 0 spiro atoms. The van der Waals surface area contributed by atoms with Gasteiger partial charge in [-0.25, -0.2) is 0 Å². The van der Waals surface area contributed by atoms with Crippen LogP contribution >= 0.6 is 0 Å². The predicted molar refractivity (Wildman–Crippen MR) is 70.4 cm³/mol. The normalized spacial score (nSPS) is 43.2. The second-order valence-corrected chi connectivity index (χ2v) is 7.18. The maximum absolute atomic E-state index is 11.4. The van der Waals surface area contributed by atoms with Gasteiger partial charge in [-0.1, -0.05) is 26.7 Å².